The van der Waals surface area contributed by atoms with Gasteiger partial charge in [-0.25, -0.2) is 6.57 Å². The summed E-state index contributed by atoms with van der Waals surface area (Å²) in [6.07, 6.45) is 5.82. The predicted molar refractivity (Wildman–Crippen MR) is 103 cm³/mol. The minimum absolute atomic E-state index is 0.00710. The highest BCUT2D eigenvalue weighted by atomic mass is 16.3. The van der Waals surface area contributed by atoms with Crippen molar-refractivity contribution in [3.8, 4) is 0 Å². The van der Waals surface area contributed by atoms with Crippen molar-refractivity contribution in [1.29, 1.82) is 0 Å². The summed E-state index contributed by atoms with van der Waals surface area (Å²) in [5, 5.41) is 10.6. The van der Waals surface area contributed by atoms with Crippen LogP contribution in [-0.4, -0.2) is 41.1 Å². The Hall–Kier alpha value is -1.86. The molecular formula is C23H28N2O2. The summed E-state index contributed by atoms with van der Waals surface area (Å²) in [4.78, 5) is 18.6. The lowest BCUT2D eigenvalue weighted by molar-refractivity contribution is -0.177. The van der Waals surface area contributed by atoms with Gasteiger partial charge >= 0.3 is 0 Å². The molecule has 1 aromatic rings. The second-order valence-corrected chi connectivity index (χ2v) is 9.50. The van der Waals surface area contributed by atoms with Crippen LogP contribution in [0.3, 0.4) is 0 Å². The number of aliphatic hydroxyl groups is 1. The molecule has 1 saturated heterocycles. The van der Waals surface area contributed by atoms with Gasteiger partial charge < -0.3 is 14.9 Å². The van der Waals surface area contributed by atoms with Crippen molar-refractivity contribution < 1.29 is 9.90 Å². The van der Waals surface area contributed by atoms with Crippen molar-refractivity contribution in [2.24, 2.45) is 29.1 Å². The number of likely N-dealkylation sites (tertiary alicyclic amines) is 1. The second-order valence-electron chi connectivity index (χ2n) is 9.50. The molecule has 0 unspecified atom stereocenters. The number of carbonyl (C=O) groups is 1. The van der Waals surface area contributed by atoms with Gasteiger partial charge in [-0.05, 0) is 66.8 Å². The number of carbonyl (C=O) groups excluding carboxylic acids is 1. The molecule has 4 heteroatoms. The lowest BCUT2D eigenvalue weighted by Gasteiger charge is -2.63. The molecule has 27 heavy (non-hydrogen) atoms. The van der Waals surface area contributed by atoms with E-state index in [0.717, 1.165) is 32.1 Å². The molecule has 1 aromatic carbocycles. The Kier molecular flexibility index (Phi) is 4.05. The molecule has 4 saturated carbocycles. The number of benzene rings is 1. The van der Waals surface area contributed by atoms with Gasteiger partial charge in [0, 0.05) is 6.42 Å². The fraction of sp³-hybridized carbons (Fsp3) is 0.652. The Morgan fingerprint density at radius 1 is 1.11 bits per heavy atom. The minimum Gasteiger partial charge on any atom is -0.393 e. The molecule has 5 fully saturated rings. The Morgan fingerprint density at radius 3 is 2.26 bits per heavy atom. The topological polar surface area (TPSA) is 44.9 Å². The van der Waals surface area contributed by atoms with Crippen molar-refractivity contribution in [2.75, 3.05) is 13.1 Å². The van der Waals surface area contributed by atoms with Gasteiger partial charge in [0.15, 0.2) is 0 Å². The van der Waals surface area contributed by atoms with Crippen LogP contribution < -0.4 is 0 Å². The number of hydrogen-bond acceptors (Lipinski definition) is 2. The van der Waals surface area contributed by atoms with Gasteiger partial charge in [0.25, 0.3) is 6.04 Å². The van der Waals surface area contributed by atoms with Crippen LogP contribution in [0.5, 0.6) is 0 Å². The zero-order chi connectivity index (χ0) is 18.6. The molecule has 0 aromatic heterocycles. The SMILES string of the molecule is [C-]#[N+]C1CN(C(=O)CC2(Cc3ccccc3)C3CC4CC2CC(C3)C4O)C1. The van der Waals surface area contributed by atoms with E-state index in [2.05, 4.69) is 35.2 Å². The molecule has 4 aliphatic carbocycles. The third-order valence-corrected chi connectivity index (χ3v) is 8.20. The van der Waals surface area contributed by atoms with Crippen molar-refractivity contribution >= 4 is 5.91 Å². The maximum Gasteiger partial charge on any atom is 0.258 e. The second kappa shape index (κ2) is 6.34. The third kappa shape index (κ3) is 2.70. The molecule has 1 amide bonds. The lowest BCUT2D eigenvalue weighted by atomic mass is 9.42. The predicted octanol–water partition coefficient (Wildman–Crippen LogP) is 3.16. The van der Waals surface area contributed by atoms with E-state index in [1.54, 1.807) is 0 Å². The number of nitrogens with zero attached hydrogens (tertiary/aromatic N) is 2. The van der Waals surface area contributed by atoms with Gasteiger partial charge in [0.2, 0.25) is 5.91 Å². The first-order valence-corrected chi connectivity index (χ1v) is 10.5. The van der Waals surface area contributed by atoms with Gasteiger partial charge in [-0.2, -0.15) is 0 Å². The summed E-state index contributed by atoms with van der Waals surface area (Å²) in [6.45, 7) is 8.37. The van der Waals surface area contributed by atoms with E-state index in [0.29, 0.717) is 43.2 Å². The fourth-order valence-corrected chi connectivity index (χ4v) is 6.81. The van der Waals surface area contributed by atoms with Crippen molar-refractivity contribution in [1.82, 2.24) is 4.90 Å². The molecule has 0 atom stereocenters. The number of aliphatic hydroxyl groups excluding tert-OH is 1. The first-order valence-electron chi connectivity index (χ1n) is 10.5. The largest absolute Gasteiger partial charge is 0.393 e. The average molecular weight is 364 g/mol. The average Bonchev–Trinajstić information content (AvgIpc) is 2.60. The standard InChI is InChI=1S/C23H28N2O2/c1-24-20-13-25(14-20)21(26)12-23(11-15-5-3-2-4-6-15)18-7-16-8-19(23)10-17(9-18)22(16)27/h2-6,16-20,22,27H,7-14H2. The molecule has 142 valence electrons. The minimum atomic E-state index is -0.113. The van der Waals surface area contributed by atoms with Crippen LogP contribution in [-0.2, 0) is 11.2 Å². The smallest absolute Gasteiger partial charge is 0.258 e. The van der Waals surface area contributed by atoms with Crippen LogP contribution in [0, 0.1) is 35.7 Å². The molecule has 1 aliphatic heterocycles. The summed E-state index contributed by atoms with van der Waals surface area (Å²) in [5.41, 5.74) is 1.37. The summed E-state index contributed by atoms with van der Waals surface area (Å²) in [7, 11) is 0. The van der Waals surface area contributed by atoms with E-state index in [1.807, 2.05) is 4.90 Å². The Morgan fingerprint density at radius 2 is 1.70 bits per heavy atom. The Bertz CT molecular complexity index is 732. The maximum absolute atomic E-state index is 13.1. The van der Waals surface area contributed by atoms with Gasteiger partial charge in [-0.1, -0.05) is 30.3 Å². The fourth-order valence-electron chi connectivity index (χ4n) is 6.81. The summed E-state index contributed by atoms with van der Waals surface area (Å²) in [5.74, 6) is 2.24. The van der Waals surface area contributed by atoms with Crippen LogP contribution >= 0.6 is 0 Å². The first-order chi connectivity index (χ1) is 13.1. The van der Waals surface area contributed by atoms with Gasteiger partial charge in [0.1, 0.15) is 0 Å². The highest BCUT2D eigenvalue weighted by Gasteiger charge is 2.60. The molecular weight excluding hydrogens is 336 g/mol. The molecule has 1 heterocycles. The normalized spacial score (nSPS) is 39.9. The van der Waals surface area contributed by atoms with E-state index in [1.165, 1.54) is 5.56 Å². The molecule has 0 radical (unpaired) electrons. The molecule has 4 bridgehead atoms. The van der Waals surface area contributed by atoms with Crippen LogP contribution in [0.4, 0.5) is 0 Å². The Balaban J connectivity index is 1.43. The third-order valence-electron chi connectivity index (χ3n) is 8.20. The number of hydrogen-bond donors (Lipinski definition) is 1. The zero-order valence-electron chi connectivity index (χ0n) is 15.8. The van der Waals surface area contributed by atoms with Crippen molar-refractivity contribution in [2.45, 2.75) is 50.7 Å². The van der Waals surface area contributed by atoms with E-state index in [9.17, 15) is 9.90 Å². The van der Waals surface area contributed by atoms with Crippen molar-refractivity contribution in [3.05, 3.63) is 47.3 Å². The first kappa shape index (κ1) is 17.3. The molecule has 0 spiro atoms. The Labute approximate surface area is 161 Å². The molecule has 6 rings (SSSR count). The number of rotatable bonds is 4. The van der Waals surface area contributed by atoms with Crippen LogP contribution in [0.1, 0.15) is 37.7 Å². The van der Waals surface area contributed by atoms with E-state index >= 15 is 0 Å². The zero-order valence-corrected chi connectivity index (χ0v) is 15.8. The van der Waals surface area contributed by atoms with Crippen LogP contribution in [0.25, 0.3) is 4.85 Å². The van der Waals surface area contributed by atoms with Crippen LogP contribution in [0.2, 0.25) is 0 Å². The molecule has 1 N–H and O–H groups in total. The monoisotopic (exact) mass is 364 g/mol. The molecule has 4 nitrogen and oxygen atoms in total. The maximum atomic E-state index is 13.1. The summed E-state index contributed by atoms with van der Waals surface area (Å²) in [6, 6.07) is 10.7. The van der Waals surface area contributed by atoms with Gasteiger partial charge in [-0.3, -0.25) is 4.79 Å². The summed E-state index contributed by atoms with van der Waals surface area (Å²) >= 11 is 0. The van der Waals surface area contributed by atoms with E-state index in [-0.39, 0.29) is 23.5 Å². The van der Waals surface area contributed by atoms with Crippen LogP contribution in [0.15, 0.2) is 30.3 Å². The van der Waals surface area contributed by atoms with Gasteiger partial charge in [0.05, 0.1) is 19.2 Å². The number of amides is 1. The van der Waals surface area contributed by atoms with E-state index < -0.39 is 0 Å². The highest BCUT2D eigenvalue weighted by Crippen LogP contribution is 2.64. The van der Waals surface area contributed by atoms with Gasteiger partial charge in [-0.15, -0.1) is 0 Å². The summed E-state index contributed by atoms with van der Waals surface area (Å²) < 4.78 is 0. The van der Waals surface area contributed by atoms with E-state index in [4.69, 9.17) is 6.57 Å². The molecule has 5 aliphatic rings. The lowest BCUT2D eigenvalue weighted by Crippen LogP contribution is -2.61. The highest BCUT2D eigenvalue weighted by molar-refractivity contribution is 5.78. The quantitative estimate of drug-likeness (QED) is 0.834. The van der Waals surface area contributed by atoms with Crippen molar-refractivity contribution in [3.63, 3.8) is 0 Å².